The Hall–Kier alpha value is -1.41. The highest BCUT2D eigenvalue weighted by Gasteiger charge is 2.31. The maximum absolute atomic E-state index is 11.5. The monoisotopic (exact) mass is 383 g/mol. The van der Waals surface area contributed by atoms with Gasteiger partial charge < -0.3 is 5.32 Å². The minimum atomic E-state index is -4.10. The number of nitro benzene ring substituents is 1. The van der Waals surface area contributed by atoms with E-state index in [1.165, 1.54) is 6.07 Å². The van der Waals surface area contributed by atoms with Crippen LogP contribution in [-0.4, -0.2) is 46.4 Å². The predicted molar refractivity (Wildman–Crippen MR) is 83.4 cm³/mol. The maximum Gasteiger partial charge on any atom is 0.294 e. The van der Waals surface area contributed by atoms with E-state index in [1.54, 1.807) is 0 Å². The van der Waals surface area contributed by atoms with E-state index in [1.807, 2.05) is 0 Å². The molecule has 1 heterocycles. The molecule has 10 nitrogen and oxygen atoms in total. The van der Waals surface area contributed by atoms with Gasteiger partial charge in [0.25, 0.3) is 15.8 Å². The number of primary sulfonamides is 1. The number of hydrogen-bond acceptors (Lipinski definition) is 9. The van der Waals surface area contributed by atoms with Crippen LogP contribution in [0.25, 0.3) is 0 Å². The van der Waals surface area contributed by atoms with E-state index in [9.17, 15) is 26.9 Å². The van der Waals surface area contributed by atoms with Gasteiger partial charge in [0.05, 0.1) is 28.7 Å². The Kier molecular flexibility index (Phi) is 4.86. The average Bonchev–Trinajstić information content (AvgIpc) is 2.44. The minimum absolute atomic E-state index is 0.0648. The molecule has 13 heteroatoms. The number of rotatable bonds is 5. The Balaban J connectivity index is 2.45. The summed E-state index contributed by atoms with van der Waals surface area (Å²) < 4.78 is 50.2. The lowest BCUT2D eigenvalue weighted by Gasteiger charge is -2.26. The highest BCUT2D eigenvalue weighted by molar-refractivity contribution is 7.99. The Morgan fingerprint density at radius 3 is 2.61 bits per heavy atom. The highest BCUT2D eigenvalue weighted by Crippen LogP contribution is 2.41. The number of thioether (sulfide) groups is 1. The van der Waals surface area contributed by atoms with Gasteiger partial charge in [-0.25, -0.2) is 13.6 Å². The normalized spacial score (nSPS) is 18.1. The fourth-order valence-electron chi connectivity index (χ4n) is 1.98. The molecule has 1 atom stereocenters. The number of nitro groups is 1. The summed E-state index contributed by atoms with van der Waals surface area (Å²) in [6.45, 7) is 0. The van der Waals surface area contributed by atoms with Crippen LogP contribution in [0.15, 0.2) is 21.9 Å². The lowest BCUT2D eigenvalue weighted by atomic mass is 10.2. The second-order valence-corrected chi connectivity index (χ2v) is 9.07. The van der Waals surface area contributed by atoms with Crippen LogP contribution in [0, 0.1) is 10.1 Å². The molecule has 0 radical (unpaired) electrons. The third-order valence-corrected chi connectivity index (χ3v) is 6.44. The highest BCUT2D eigenvalue weighted by atomic mass is 32.2. The van der Waals surface area contributed by atoms with Crippen LogP contribution in [0.5, 0.6) is 0 Å². The third-order valence-electron chi connectivity index (χ3n) is 3.03. The summed E-state index contributed by atoms with van der Waals surface area (Å²) in [5.41, 5.74) is -0.423. The fraction of sp³-hybridized carbons (Fsp3) is 0.400. The van der Waals surface area contributed by atoms with Gasteiger partial charge >= 0.3 is 0 Å². The molecule has 1 aromatic carbocycles. The molecule has 3 N–H and O–H groups in total. The predicted octanol–water partition coefficient (Wildman–Crippen LogP) is 0.105. The minimum Gasteiger partial charge on any atom is -0.374 e. The second-order valence-electron chi connectivity index (χ2n) is 4.66. The molecule has 0 saturated carbocycles. The quantitative estimate of drug-likeness (QED) is 0.408. The first-order valence-electron chi connectivity index (χ1n) is 6.06. The van der Waals surface area contributed by atoms with Crippen molar-refractivity contribution in [2.24, 2.45) is 5.14 Å². The van der Waals surface area contributed by atoms with Crippen LogP contribution < -0.4 is 10.5 Å². The van der Waals surface area contributed by atoms with Crippen LogP contribution in [0.4, 0.5) is 11.4 Å². The first kappa shape index (κ1) is 17.9. The van der Waals surface area contributed by atoms with Crippen LogP contribution in [0.2, 0.25) is 0 Å². The van der Waals surface area contributed by atoms with Gasteiger partial charge in [-0.05, 0) is 6.07 Å². The number of hydrogen-bond donors (Lipinski definition) is 2. The number of sulfonamides is 1. The molecule has 2 rings (SSSR count). The number of benzene rings is 1. The Morgan fingerprint density at radius 2 is 2.09 bits per heavy atom. The van der Waals surface area contributed by atoms with Crippen LogP contribution in [0.1, 0.15) is 0 Å². The first-order valence-corrected chi connectivity index (χ1v) is 10.2. The summed E-state index contributed by atoms with van der Waals surface area (Å²) >= 11 is 1.10. The van der Waals surface area contributed by atoms with E-state index in [0.29, 0.717) is 4.90 Å². The Bertz CT molecular complexity index is 851. The molecule has 0 bridgehead atoms. The van der Waals surface area contributed by atoms with Crippen molar-refractivity contribution in [3.63, 3.8) is 0 Å². The van der Waals surface area contributed by atoms with E-state index < -0.39 is 36.8 Å². The van der Waals surface area contributed by atoms with Crippen molar-refractivity contribution in [3.05, 3.63) is 22.2 Å². The van der Waals surface area contributed by atoms with E-state index in [2.05, 4.69) is 9.50 Å². The molecule has 0 amide bonds. The molecule has 1 aromatic rings. The maximum atomic E-state index is 11.5. The lowest BCUT2D eigenvalue weighted by Crippen LogP contribution is -2.34. The summed E-state index contributed by atoms with van der Waals surface area (Å²) in [5, 5.41) is 18.9. The van der Waals surface area contributed by atoms with Crippen molar-refractivity contribution in [1.82, 2.24) is 0 Å². The second kappa shape index (κ2) is 6.24. The SMILES string of the molecule is COS(=O)(=O)CC1CSc2cc(S(N)(=O)=O)cc([N+](=O)[O-])c2N1. The van der Waals surface area contributed by atoms with Crippen molar-refractivity contribution in [3.8, 4) is 0 Å². The number of fused-ring (bicyclic) bond motifs is 1. The van der Waals surface area contributed by atoms with E-state index in [4.69, 9.17) is 5.14 Å². The zero-order valence-electron chi connectivity index (χ0n) is 11.8. The number of nitrogens with one attached hydrogen (secondary N) is 1. The van der Waals surface area contributed by atoms with Crippen molar-refractivity contribution in [2.75, 3.05) is 23.9 Å². The van der Waals surface area contributed by atoms with E-state index in [-0.39, 0.29) is 22.1 Å². The summed E-state index contributed by atoms with van der Waals surface area (Å²) in [5.74, 6) is -0.106. The standard InChI is InChI=1S/C10H13N3O7S3/c1-20-22(16,17)5-6-4-21-9-3-7(23(11,18)19)2-8(13(14)15)10(9)12-6/h2-3,6,12H,4-5H2,1H3,(H2,11,18,19). The molecular formula is C10H13N3O7S3. The van der Waals surface area contributed by atoms with Gasteiger partial charge in [-0.2, -0.15) is 8.42 Å². The van der Waals surface area contributed by atoms with Crippen molar-refractivity contribution in [2.45, 2.75) is 15.8 Å². The molecule has 1 aliphatic rings. The zero-order chi connectivity index (χ0) is 17.4. The molecule has 1 unspecified atom stereocenters. The number of nitrogens with zero attached hydrogens (tertiary/aromatic N) is 1. The van der Waals surface area contributed by atoms with Crippen molar-refractivity contribution in [1.29, 1.82) is 0 Å². The average molecular weight is 383 g/mol. The van der Waals surface area contributed by atoms with Gasteiger partial charge in [0.2, 0.25) is 10.0 Å². The van der Waals surface area contributed by atoms with Gasteiger partial charge in [-0.1, -0.05) is 0 Å². The van der Waals surface area contributed by atoms with Gasteiger partial charge in [0.1, 0.15) is 5.69 Å². The van der Waals surface area contributed by atoms with E-state index in [0.717, 1.165) is 24.9 Å². The van der Waals surface area contributed by atoms with Gasteiger partial charge in [0.15, 0.2) is 0 Å². The van der Waals surface area contributed by atoms with Crippen molar-refractivity contribution < 1.29 is 25.9 Å². The Labute approximate surface area is 136 Å². The van der Waals surface area contributed by atoms with Crippen molar-refractivity contribution >= 4 is 43.3 Å². The molecule has 0 saturated heterocycles. The Morgan fingerprint density at radius 1 is 1.43 bits per heavy atom. The smallest absolute Gasteiger partial charge is 0.294 e. The number of anilines is 1. The summed E-state index contributed by atoms with van der Waals surface area (Å²) in [4.78, 5) is 10.4. The zero-order valence-corrected chi connectivity index (χ0v) is 14.2. The molecule has 1 aliphatic heterocycles. The number of nitrogens with two attached hydrogens (primary N) is 1. The summed E-state index contributed by atoms with van der Waals surface area (Å²) in [6, 6.07) is 1.45. The first-order chi connectivity index (χ1) is 10.5. The summed E-state index contributed by atoms with van der Waals surface area (Å²) in [6.07, 6.45) is 0. The van der Waals surface area contributed by atoms with E-state index >= 15 is 0 Å². The third kappa shape index (κ3) is 4.11. The van der Waals surface area contributed by atoms with Gasteiger partial charge in [-0.15, -0.1) is 11.8 Å². The van der Waals surface area contributed by atoms with Gasteiger partial charge in [0, 0.05) is 16.7 Å². The van der Waals surface area contributed by atoms with Crippen LogP contribution >= 0.6 is 11.8 Å². The molecule has 0 fully saturated rings. The molecular weight excluding hydrogens is 370 g/mol. The molecule has 23 heavy (non-hydrogen) atoms. The largest absolute Gasteiger partial charge is 0.374 e. The van der Waals surface area contributed by atoms with Crippen LogP contribution in [-0.2, 0) is 24.3 Å². The summed E-state index contributed by atoms with van der Waals surface area (Å²) in [7, 11) is -6.82. The molecule has 128 valence electrons. The lowest BCUT2D eigenvalue weighted by molar-refractivity contribution is -0.384. The molecule has 0 aliphatic carbocycles. The fourth-order valence-corrected chi connectivity index (χ4v) is 4.70. The molecule has 0 aromatic heterocycles. The van der Waals surface area contributed by atoms with Crippen LogP contribution in [0.3, 0.4) is 0 Å². The topological polar surface area (TPSA) is 159 Å². The molecule has 0 spiro atoms. The van der Waals surface area contributed by atoms with Gasteiger partial charge in [-0.3, -0.25) is 14.3 Å².